The number of carbonyl (C=O) groups is 1. The number of nitrogens with one attached hydrogen (secondary N) is 2. The van der Waals surface area contributed by atoms with Crippen LogP contribution in [0, 0.1) is 0 Å². The summed E-state index contributed by atoms with van der Waals surface area (Å²) in [5.74, 6) is 0. The monoisotopic (exact) mass is 395 g/mol. The fraction of sp³-hybridized carbons (Fsp3) is 0.650. The molecule has 27 heavy (non-hydrogen) atoms. The van der Waals surface area contributed by atoms with Crippen molar-refractivity contribution in [3.8, 4) is 0 Å². The lowest BCUT2D eigenvalue weighted by atomic mass is 10.1. The summed E-state index contributed by atoms with van der Waals surface area (Å²) in [5.41, 5.74) is 0.876. The first-order valence-corrected chi connectivity index (χ1v) is 11.5. The van der Waals surface area contributed by atoms with Crippen LogP contribution in [0.15, 0.2) is 29.2 Å². The predicted octanol–water partition coefficient (Wildman–Crippen LogP) is 3.63. The maximum Gasteiger partial charge on any atom is 0.315 e. The lowest BCUT2D eigenvalue weighted by Gasteiger charge is -2.25. The molecule has 1 aromatic carbocycles. The van der Waals surface area contributed by atoms with Crippen molar-refractivity contribution in [2.45, 2.75) is 76.3 Å². The van der Waals surface area contributed by atoms with Crippen molar-refractivity contribution in [2.75, 3.05) is 13.1 Å². The average molecular weight is 396 g/mol. The fourth-order valence-electron chi connectivity index (χ4n) is 3.26. The van der Waals surface area contributed by atoms with E-state index in [9.17, 15) is 13.2 Å². The van der Waals surface area contributed by atoms with Gasteiger partial charge in [0.15, 0.2) is 0 Å². The number of benzene rings is 1. The van der Waals surface area contributed by atoms with Gasteiger partial charge in [-0.1, -0.05) is 44.7 Å². The Balaban J connectivity index is 1.82. The number of hydrogen-bond donors (Lipinski definition) is 2. The van der Waals surface area contributed by atoms with Gasteiger partial charge in [-0.2, -0.15) is 4.31 Å². The third-order valence-electron chi connectivity index (χ3n) is 4.95. The average Bonchev–Trinajstić information content (AvgIpc) is 2.67. The topological polar surface area (TPSA) is 78.5 Å². The molecule has 2 rings (SSSR count). The van der Waals surface area contributed by atoms with E-state index < -0.39 is 10.0 Å². The molecule has 1 heterocycles. The molecule has 152 valence electrons. The molecule has 7 heteroatoms. The van der Waals surface area contributed by atoms with Gasteiger partial charge in [0.25, 0.3) is 0 Å². The van der Waals surface area contributed by atoms with Crippen molar-refractivity contribution in [1.29, 1.82) is 0 Å². The van der Waals surface area contributed by atoms with E-state index in [1.54, 1.807) is 28.6 Å². The van der Waals surface area contributed by atoms with Crippen LogP contribution in [0.2, 0.25) is 0 Å². The molecule has 1 unspecified atom stereocenters. The minimum atomic E-state index is -3.40. The van der Waals surface area contributed by atoms with Gasteiger partial charge in [-0.3, -0.25) is 0 Å². The fourth-order valence-corrected chi connectivity index (χ4v) is 4.78. The van der Waals surface area contributed by atoms with Gasteiger partial charge in [0, 0.05) is 25.7 Å². The Labute approximate surface area is 163 Å². The third kappa shape index (κ3) is 6.81. The number of carbonyl (C=O) groups excluding carboxylic acids is 1. The minimum absolute atomic E-state index is 0.147. The summed E-state index contributed by atoms with van der Waals surface area (Å²) in [5, 5.41) is 5.77. The van der Waals surface area contributed by atoms with Crippen molar-refractivity contribution in [3.63, 3.8) is 0 Å². The number of piperidine rings is 1. The highest BCUT2D eigenvalue weighted by Crippen LogP contribution is 2.20. The number of amides is 2. The van der Waals surface area contributed by atoms with Crippen LogP contribution in [-0.2, 0) is 16.6 Å². The predicted molar refractivity (Wildman–Crippen MR) is 108 cm³/mol. The third-order valence-corrected chi connectivity index (χ3v) is 6.86. The van der Waals surface area contributed by atoms with E-state index in [0.29, 0.717) is 24.5 Å². The molecule has 2 N–H and O–H groups in total. The molecule has 1 aliphatic rings. The maximum absolute atomic E-state index is 12.6. The zero-order valence-electron chi connectivity index (χ0n) is 16.5. The van der Waals surface area contributed by atoms with E-state index in [4.69, 9.17) is 0 Å². The van der Waals surface area contributed by atoms with Crippen LogP contribution in [-0.4, -0.2) is 37.9 Å². The summed E-state index contributed by atoms with van der Waals surface area (Å²) in [4.78, 5) is 12.3. The zero-order valence-corrected chi connectivity index (χ0v) is 17.4. The van der Waals surface area contributed by atoms with Crippen molar-refractivity contribution in [3.05, 3.63) is 29.8 Å². The molecule has 2 amide bonds. The Morgan fingerprint density at radius 3 is 2.41 bits per heavy atom. The molecule has 1 atom stereocenters. The summed E-state index contributed by atoms with van der Waals surface area (Å²) in [6, 6.07) is 6.75. The Hall–Kier alpha value is -1.60. The van der Waals surface area contributed by atoms with Crippen LogP contribution in [0.1, 0.15) is 64.4 Å². The molecular weight excluding hydrogens is 362 g/mol. The van der Waals surface area contributed by atoms with E-state index in [0.717, 1.165) is 37.7 Å². The van der Waals surface area contributed by atoms with Gasteiger partial charge in [-0.15, -0.1) is 0 Å². The normalized spacial score (nSPS) is 16.7. The van der Waals surface area contributed by atoms with Crippen molar-refractivity contribution >= 4 is 16.1 Å². The van der Waals surface area contributed by atoms with E-state index in [2.05, 4.69) is 17.6 Å². The highest BCUT2D eigenvalue weighted by atomic mass is 32.2. The molecular formula is C20H33N3O3S. The summed E-state index contributed by atoms with van der Waals surface area (Å²) in [7, 11) is -3.40. The van der Waals surface area contributed by atoms with Crippen LogP contribution >= 0.6 is 0 Å². The number of rotatable bonds is 9. The smallest absolute Gasteiger partial charge is 0.315 e. The Kier molecular flexibility index (Phi) is 8.57. The summed E-state index contributed by atoms with van der Waals surface area (Å²) < 4.78 is 26.8. The molecule has 0 saturated carbocycles. The largest absolute Gasteiger partial charge is 0.336 e. The first kappa shape index (κ1) is 21.7. The standard InChI is InChI=1S/C20H33N3O3S/c1-3-4-6-9-17(2)22-20(24)21-16-18-10-12-19(13-11-18)27(25,26)23-14-7-5-8-15-23/h10-13,17H,3-9,14-16H2,1-2H3,(H2,21,22,24). The highest BCUT2D eigenvalue weighted by molar-refractivity contribution is 7.89. The second kappa shape index (κ2) is 10.7. The van der Waals surface area contributed by atoms with Crippen LogP contribution in [0.25, 0.3) is 0 Å². The Morgan fingerprint density at radius 1 is 1.11 bits per heavy atom. The molecule has 0 aliphatic carbocycles. The van der Waals surface area contributed by atoms with Crippen molar-refractivity contribution < 1.29 is 13.2 Å². The second-order valence-electron chi connectivity index (χ2n) is 7.33. The van der Waals surface area contributed by atoms with E-state index in [1.807, 2.05) is 6.92 Å². The summed E-state index contributed by atoms with van der Waals surface area (Å²) >= 11 is 0. The van der Waals surface area contributed by atoms with Crippen LogP contribution in [0.4, 0.5) is 4.79 Å². The number of unbranched alkanes of at least 4 members (excludes halogenated alkanes) is 2. The number of urea groups is 1. The number of hydrogen-bond acceptors (Lipinski definition) is 3. The van der Waals surface area contributed by atoms with Gasteiger partial charge in [0.1, 0.15) is 0 Å². The first-order valence-electron chi connectivity index (χ1n) is 10.1. The van der Waals surface area contributed by atoms with Gasteiger partial charge < -0.3 is 10.6 Å². The minimum Gasteiger partial charge on any atom is -0.336 e. The molecule has 1 aliphatic heterocycles. The molecule has 0 radical (unpaired) electrons. The Bertz CT molecular complexity index is 683. The lowest BCUT2D eigenvalue weighted by Crippen LogP contribution is -2.40. The van der Waals surface area contributed by atoms with Gasteiger partial charge >= 0.3 is 6.03 Å². The molecule has 1 saturated heterocycles. The van der Waals surface area contributed by atoms with E-state index in [1.165, 1.54) is 12.8 Å². The summed E-state index contributed by atoms with van der Waals surface area (Å²) in [6.07, 6.45) is 7.38. The molecule has 0 bridgehead atoms. The van der Waals surface area contributed by atoms with Crippen molar-refractivity contribution in [1.82, 2.24) is 14.9 Å². The van der Waals surface area contributed by atoms with Crippen LogP contribution < -0.4 is 10.6 Å². The highest BCUT2D eigenvalue weighted by Gasteiger charge is 2.25. The van der Waals surface area contributed by atoms with Gasteiger partial charge in [0.05, 0.1) is 4.90 Å². The number of nitrogens with zero attached hydrogens (tertiary/aromatic N) is 1. The first-order chi connectivity index (χ1) is 12.9. The van der Waals surface area contributed by atoms with E-state index in [-0.39, 0.29) is 12.1 Å². The van der Waals surface area contributed by atoms with Crippen LogP contribution in [0.3, 0.4) is 0 Å². The molecule has 6 nitrogen and oxygen atoms in total. The van der Waals surface area contributed by atoms with Gasteiger partial charge in [0.2, 0.25) is 10.0 Å². The zero-order chi connectivity index (χ0) is 19.7. The van der Waals surface area contributed by atoms with Gasteiger partial charge in [-0.05, 0) is 43.9 Å². The molecule has 0 aromatic heterocycles. The van der Waals surface area contributed by atoms with Crippen molar-refractivity contribution in [2.24, 2.45) is 0 Å². The van der Waals surface area contributed by atoms with Gasteiger partial charge in [-0.25, -0.2) is 13.2 Å². The maximum atomic E-state index is 12.6. The quantitative estimate of drug-likeness (QED) is 0.627. The van der Waals surface area contributed by atoms with E-state index >= 15 is 0 Å². The second-order valence-corrected chi connectivity index (χ2v) is 9.27. The summed E-state index contributed by atoms with van der Waals surface area (Å²) in [6.45, 7) is 5.74. The molecule has 0 spiro atoms. The van der Waals surface area contributed by atoms with Crippen LogP contribution in [0.5, 0.6) is 0 Å². The number of sulfonamides is 1. The Morgan fingerprint density at radius 2 is 1.78 bits per heavy atom. The SMILES string of the molecule is CCCCCC(C)NC(=O)NCc1ccc(S(=O)(=O)N2CCCCC2)cc1. The molecule has 1 aromatic rings. The molecule has 1 fully saturated rings. The lowest BCUT2D eigenvalue weighted by molar-refractivity contribution is 0.236.